The Bertz CT molecular complexity index is 4120. The van der Waals surface area contributed by atoms with Crippen LogP contribution < -0.4 is 0 Å². The summed E-state index contributed by atoms with van der Waals surface area (Å²) in [6, 6.07) is 27.4. The van der Waals surface area contributed by atoms with E-state index >= 15 is 0 Å². The Morgan fingerprint density at radius 2 is 0.526 bits per heavy atom. The molecule has 95 heavy (non-hydrogen) atoms. The quantitative estimate of drug-likeness (QED) is 0.179. The van der Waals surface area contributed by atoms with Crippen LogP contribution in [0.5, 0.6) is 0 Å². The van der Waals surface area contributed by atoms with Crippen molar-refractivity contribution < 1.29 is 14.7 Å². The van der Waals surface area contributed by atoms with Crippen molar-refractivity contribution in [3.63, 3.8) is 0 Å². The van der Waals surface area contributed by atoms with Gasteiger partial charge < -0.3 is 0 Å². The van der Waals surface area contributed by atoms with Gasteiger partial charge in [-0.25, -0.2) is 0 Å². The van der Waals surface area contributed by atoms with Gasteiger partial charge in [0.2, 0.25) is 0 Å². The van der Waals surface area contributed by atoms with Crippen LogP contribution in [-0.4, -0.2) is 17.6 Å². The van der Waals surface area contributed by atoms with E-state index in [1.165, 1.54) is 66.9 Å². The van der Waals surface area contributed by atoms with E-state index < -0.39 is 43.4 Å². The van der Waals surface area contributed by atoms with Gasteiger partial charge >= 0.3 is 602 Å². The van der Waals surface area contributed by atoms with Crippen molar-refractivity contribution in [3.8, 4) is 0 Å². The topological polar surface area (TPSA) is 0 Å². The Morgan fingerprint density at radius 1 is 0.326 bits per heavy atom. The van der Waals surface area contributed by atoms with Crippen molar-refractivity contribution in [1.82, 2.24) is 0 Å². The van der Waals surface area contributed by atoms with E-state index in [4.69, 9.17) is 46.4 Å². The SMILES string of the molecule is CC1=CC2=C(C=CC=CC2c2ccc(C(C)(C)C)c(Cl)c2)[C]12[SiH](C)[C]1(C(C)=CC3=C1C=CC=CC3c1ccc(C(C)(C)C)c(Cl)c1)[Hf]21([Cl])([Cl])[C]2(C(C)=CC3=C2C=CC=CC3c2ccc(C(C)(C)C)c(Cl)c2)[SiH](C)[C]12C(C)=CC1=C2C=CC=CC1c1ccc(C(C)(C)C)c(Cl)c1. The Morgan fingerprint density at radius 3 is 0.705 bits per heavy atom. The molecule has 2 aliphatic heterocycles. The van der Waals surface area contributed by atoms with Gasteiger partial charge in [0, 0.05) is 0 Å². The summed E-state index contributed by atoms with van der Waals surface area (Å²) in [5.74, 6) is -0.571. The first-order chi connectivity index (χ1) is 44.4. The van der Waals surface area contributed by atoms with Crippen LogP contribution in [0, 0.1) is 0 Å². The predicted octanol–water partition coefficient (Wildman–Crippen LogP) is 26.5. The van der Waals surface area contributed by atoms with E-state index in [0.29, 0.717) is 0 Å². The first-order valence-corrected chi connectivity index (χ1v) is 56.7. The number of hydrogen-bond acceptors (Lipinski definition) is 0. The summed E-state index contributed by atoms with van der Waals surface area (Å²) >= 11 is 22.1. The Kier molecular flexibility index (Phi) is 15.5. The molecule has 4 aromatic carbocycles. The van der Waals surface area contributed by atoms with Crippen molar-refractivity contribution in [1.29, 1.82) is 0 Å². The van der Waals surface area contributed by atoms with Gasteiger partial charge in [0.1, 0.15) is 0 Å². The average Bonchev–Trinajstić information content (AvgIpc) is 1.52. The molecule has 0 nitrogen and oxygen atoms in total. The van der Waals surface area contributed by atoms with Crippen molar-refractivity contribution in [2.24, 2.45) is 0 Å². The van der Waals surface area contributed by atoms with Crippen molar-refractivity contribution in [2.45, 2.75) is 180 Å². The third kappa shape index (κ3) is 7.90. The number of rotatable bonds is 4. The molecule has 0 aromatic heterocycles. The molecular weight excluding hydrogens is 1480 g/mol. The number of hydrogen-bond donors (Lipinski definition) is 0. The first kappa shape index (κ1) is 67.9. The van der Waals surface area contributed by atoms with Gasteiger partial charge in [-0.2, -0.15) is 0 Å². The molecule has 0 amide bonds. The zero-order valence-corrected chi connectivity index (χ0v) is 69.1. The fourth-order valence-electron chi connectivity index (χ4n) is 23.2. The first-order valence-electron chi connectivity index (χ1n) is 34.5. The second-order valence-electron chi connectivity index (χ2n) is 33.9. The molecule has 5 spiro atoms. The summed E-state index contributed by atoms with van der Waals surface area (Å²) in [6.07, 6.45) is 48.6. The molecule has 2 fully saturated rings. The summed E-state index contributed by atoms with van der Waals surface area (Å²) in [5, 5.41) is 3.14. The fourth-order valence-corrected chi connectivity index (χ4v) is 197. The minimum atomic E-state index is -7.95. The average molecular weight is 1570 g/mol. The fraction of sp³-hybridized carbons (Fsp3) is 0.349. The summed E-state index contributed by atoms with van der Waals surface area (Å²) in [7, 11) is 17.7. The monoisotopic (exact) mass is 1570 g/mol. The van der Waals surface area contributed by atoms with Gasteiger partial charge in [-0.3, -0.25) is 0 Å². The van der Waals surface area contributed by atoms with Crippen LogP contribution in [0.4, 0.5) is 0 Å². The van der Waals surface area contributed by atoms with Gasteiger partial charge in [-0.05, 0) is 0 Å². The normalized spacial score (nSPS) is 31.9. The molecule has 4 aromatic rings. The predicted molar refractivity (Wildman–Crippen MR) is 416 cm³/mol. The van der Waals surface area contributed by atoms with Crippen LogP contribution in [-0.2, 0) is 36.3 Å². The minimum absolute atomic E-state index is 0.143. The van der Waals surface area contributed by atoms with Crippen LogP contribution in [0.2, 0.25) is 44.4 Å². The number of fused-ring (bicyclic) bond motifs is 8. The Balaban J connectivity index is 1.17. The standard InChI is InChI=1S/2C43H46Cl2Si.2ClH.Hf/c2*1-26-22-34-30(28-18-20-36(38(44)24-28)42(3,4)5)14-10-12-16-32(34)40(26)46(9)41-27(2)23-35-31(15-11-13-17-33(35)41)29-19-21-37(39(45)25-29)43(6,7)8;;;/h2*10-25,30-31,46H,1-9H3;2*1H;/q;;;;+2/p-2. The second kappa shape index (κ2) is 21.6. The third-order valence-electron chi connectivity index (χ3n) is 25.8. The van der Waals surface area contributed by atoms with Gasteiger partial charge in [0.15, 0.2) is 0 Å². The molecule has 0 bridgehead atoms. The van der Waals surface area contributed by atoms with Crippen LogP contribution >= 0.6 is 63.6 Å². The third-order valence-corrected chi connectivity index (χ3v) is 144. The Labute approximate surface area is 596 Å². The van der Waals surface area contributed by atoms with Gasteiger partial charge in [0.25, 0.3) is 0 Å². The zero-order chi connectivity index (χ0) is 68.4. The molecule has 14 rings (SSSR count). The molecule has 8 atom stereocenters. The van der Waals surface area contributed by atoms with Crippen molar-refractivity contribution in [2.75, 3.05) is 0 Å². The molecule has 8 unspecified atom stereocenters. The second-order valence-corrected chi connectivity index (χ2v) is 89.9. The maximum absolute atomic E-state index is 11.5. The summed E-state index contributed by atoms with van der Waals surface area (Å²) < 4.78 is -3.17. The molecule has 10 aliphatic rings. The van der Waals surface area contributed by atoms with E-state index in [2.05, 4.69) is 318 Å². The van der Waals surface area contributed by atoms with Crippen molar-refractivity contribution in [3.05, 3.63) is 326 Å². The van der Waals surface area contributed by atoms with Gasteiger partial charge in [-0.1, -0.05) is 0 Å². The van der Waals surface area contributed by atoms with E-state index in [-0.39, 0.29) is 45.3 Å². The molecule has 8 aliphatic carbocycles. The van der Waals surface area contributed by atoms with Gasteiger partial charge in [0.05, 0.1) is 0 Å². The summed E-state index contributed by atoms with van der Waals surface area (Å²) in [6.45, 7) is 42.3. The Hall–Kier alpha value is -4.24. The summed E-state index contributed by atoms with van der Waals surface area (Å²) in [5.41, 5.74) is 24.2. The molecular formula is C86H92Cl6HfSi2. The molecule has 2 heterocycles. The zero-order valence-electron chi connectivity index (χ0n) is 58.7. The maximum atomic E-state index is 11.5. The van der Waals surface area contributed by atoms with Gasteiger partial charge in [-0.15, -0.1) is 0 Å². The molecule has 0 radical (unpaired) electrons. The van der Waals surface area contributed by atoms with E-state index in [0.717, 1.165) is 64.6 Å². The van der Waals surface area contributed by atoms with Crippen LogP contribution in [0.25, 0.3) is 0 Å². The molecule has 0 saturated carbocycles. The molecule has 0 N–H and O–H groups in total. The van der Waals surface area contributed by atoms with E-state index in [1.54, 1.807) is 0 Å². The summed E-state index contributed by atoms with van der Waals surface area (Å²) in [4.78, 5) is 0. The van der Waals surface area contributed by atoms with Crippen molar-refractivity contribution >= 4 is 81.2 Å². The number of allylic oxidation sites excluding steroid dienone is 32. The van der Waals surface area contributed by atoms with Crippen LogP contribution in [0.1, 0.15) is 179 Å². The van der Waals surface area contributed by atoms with E-state index in [1.807, 2.05) is 0 Å². The number of benzene rings is 4. The molecule has 2 saturated heterocycles. The number of halogens is 6. The van der Waals surface area contributed by atoms with Crippen LogP contribution in [0.15, 0.2) is 261 Å². The molecule has 490 valence electrons. The molecule has 9 heteroatoms. The van der Waals surface area contributed by atoms with Crippen LogP contribution in [0.3, 0.4) is 0 Å². The van der Waals surface area contributed by atoms with E-state index in [9.17, 15) is 17.2 Å².